The lowest BCUT2D eigenvalue weighted by molar-refractivity contribution is -0.115. The molecule has 0 saturated carbocycles. The number of nitrogens with one attached hydrogen (secondary N) is 1. The van der Waals surface area contributed by atoms with E-state index in [-0.39, 0.29) is 18.0 Å². The van der Waals surface area contributed by atoms with Gasteiger partial charge in [-0.15, -0.1) is 11.3 Å². The molecule has 1 aromatic heterocycles. The molecule has 1 aliphatic heterocycles. The Morgan fingerprint density at radius 1 is 1.29 bits per heavy atom. The second-order valence-corrected chi connectivity index (χ2v) is 6.77. The number of carbonyl (C=O) groups excluding carboxylic acids is 1. The van der Waals surface area contributed by atoms with Crippen LogP contribution in [0.25, 0.3) is 0 Å². The van der Waals surface area contributed by atoms with E-state index in [9.17, 15) is 4.79 Å². The van der Waals surface area contributed by atoms with Gasteiger partial charge in [-0.1, -0.05) is 12.1 Å². The van der Waals surface area contributed by atoms with Gasteiger partial charge in [0.2, 0.25) is 5.91 Å². The second-order valence-electron chi connectivity index (χ2n) is 5.45. The molecule has 2 unspecified atom stereocenters. The van der Waals surface area contributed by atoms with Crippen LogP contribution in [0.5, 0.6) is 0 Å². The molecule has 1 amide bonds. The number of para-hydroxylation sites is 2. The monoisotopic (exact) mass is 301 g/mol. The Morgan fingerprint density at radius 2 is 2.05 bits per heavy atom. The fourth-order valence-corrected chi connectivity index (χ4v) is 3.92. The molecule has 2 atom stereocenters. The summed E-state index contributed by atoms with van der Waals surface area (Å²) in [5, 5.41) is 2.92. The average molecular weight is 301 g/mol. The number of hydrogen-bond donors (Lipinski definition) is 2. The average Bonchev–Trinajstić information content (AvgIpc) is 2.84. The van der Waals surface area contributed by atoms with Crippen LogP contribution < -0.4 is 16.0 Å². The van der Waals surface area contributed by atoms with Crippen LogP contribution in [0.15, 0.2) is 36.4 Å². The van der Waals surface area contributed by atoms with E-state index in [2.05, 4.69) is 29.3 Å². The fraction of sp³-hybridized carbons (Fsp3) is 0.312. The molecular weight excluding hydrogens is 282 g/mol. The second kappa shape index (κ2) is 5.50. The van der Waals surface area contributed by atoms with Crippen molar-refractivity contribution >= 4 is 28.6 Å². The fourth-order valence-electron chi connectivity index (χ4n) is 2.82. The molecule has 0 saturated heterocycles. The lowest BCUT2D eigenvalue weighted by Gasteiger charge is -2.38. The Bertz CT molecular complexity index is 665. The highest BCUT2D eigenvalue weighted by atomic mass is 32.1. The van der Waals surface area contributed by atoms with Crippen LogP contribution in [0, 0.1) is 6.92 Å². The van der Waals surface area contributed by atoms with E-state index in [0.29, 0.717) is 6.54 Å². The summed E-state index contributed by atoms with van der Waals surface area (Å²) in [6, 6.07) is 12.0. The third-order valence-electron chi connectivity index (χ3n) is 3.69. The van der Waals surface area contributed by atoms with Crippen molar-refractivity contribution in [1.29, 1.82) is 0 Å². The van der Waals surface area contributed by atoms with E-state index < -0.39 is 0 Å². The Kier molecular flexibility index (Phi) is 3.69. The first-order valence-electron chi connectivity index (χ1n) is 7.03. The van der Waals surface area contributed by atoms with Crippen LogP contribution in [-0.4, -0.2) is 18.5 Å². The van der Waals surface area contributed by atoms with Crippen LogP contribution in [-0.2, 0) is 4.79 Å². The third kappa shape index (κ3) is 2.66. The van der Waals surface area contributed by atoms with Crippen molar-refractivity contribution in [2.45, 2.75) is 25.9 Å². The van der Waals surface area contributed by atoms with Crippen molar-refractivity contribution < 1.29 is 4.79 Å². The maximum Gasteiger partial charge on any atom is 0.243 e. The lowest BCUT2D eigenvalue weighted by atomic mass is 10.0. The molecule has 1 aromatic carbocycles. The lowest BCUT2D eigenvalue weighted by Crippen LogP contribution is -2.46. The summed E-state index contributed by atoms with van der Waals surface area (Å²) in [7, 11) is 0. The zero-order valence-corrected chi connectivity index (χ0v) is 13.0. The maximum absolute atomic E-state index is 12.0. The smallest absolute Gasteiger partial charge is 0.243 e. The van der Waals surface area contributed by atoms with Crippen molar-refractivity contribution in [2.75, 3.05) is 16.8 Å². The quantitative estimate of drug-likeness (QED) is 0.916. The Morgan fingerprint density at radius 3 is 2.71 bits per heavy atom. The zero-order chi connectivity index (χ0) is 15.0. The molecule has 0 spiro atoms. The summed E-state index contributed by atoms with van der Waals surface area (Å²) in [6.45, 7) is 4.41. The molecule has 4 nitrogen and oxygen atoms in total. The molecule has 2 heterocycles. The zero-order valence-electron chi connectivity index (χ0n) is 12.2. The van der Waals surface area contributed by atoms with Gasteiger partial charge >= 0.3 is 0 Å². The standard InChI is InChI=1S/C16H19N3OS/c1-10-7-8-14(21-10)16(11(2)17)19-9-15(20)18-12-5-3-4-6-13(12)19/h3-8,11,16H,9,17H2,1-2H3,(H,18,20). The summed E-state index contributed by atoms with van der Waals surface area (Å²) in [6.07, 6.45) is 0. The number of hydrogen-bond acceptors (Lipinski definition) is 4. The molecule has 0 fully saturated rings. The predicted molar refractivity (Wildman–Crippen MR) is 87.9 cm³/mol. The Labute approximate surface area is 128 Å². The molecule has 110 valence electrons. The highest BCUT2D eigenvalue weighted by molar-refractivity contribution is 7.12. The summed E-state index contributed by atoms with van der Waals surface area (Å²) in [5.41, 5.74) is 8.13. The molecule has 3 N–H and O–H groups in total. The Balaban J connectivity index is 2.06. The van der Waals surface area contributed by atoms with Gasteiger partial charge in [0.25, 0.3) is 0 Å². The molecule has 1 aliphatic rings. The highest BCUT2D eigenvalue weighted by Crippen LogP contribution is 2.38. The number of benzene rings is 1. The van der Waals surface area contributed by atoms with Crippen molar-refractivity contribution in [3.8, 4) is 0 Å². The van der Waals surface area contributed by atoms with Gasteiger partial charge in [-0.2, -0.15) is 0 Å². The molecule has 3 rings (SSSR count). The minimum atomic E-state index is -0.0676. The number of anilines is 2. The summed E-state index contributed by atoms with van der Waals surface area (Å²) in [4.78, 5) is 16.6. The number of amides is 1. The number of carbonyl (C=O) groups is 1. The van der Waals surface area contributed by atoms with E-state index in [1.54, 1.807) is 11.3 Å². The normalized spacial score (nSPS) is 17.1. The number of nitrogens with two attached hydrogens (primary N) is 1. The van der Waals surface area contributed by atoms with Crippen LogP contribution >= 0.6 is 11.3 Å². The van der Waals surface area contributed by atoms with Crippen molar-refractivity contribution in [3.05, 3.63) is 46.2 Å². The number of nitrogens with zero attached hydrogens (tertiary/aromatic N) is 1. The molecule has 0 aliphatic carbocycles. The SMILES string of the molecule is Cc1ccc(C(C(C)N)N2CC(=O)Nc3ccccc32)s1. The predicted octanol–water partition coefficient (Wildman–Crippen LogP) is 2.90. The van der Waals surface area contributed by atoms with Crippen LogP contribution in [0.2, 0.25) is 0 Å². The minimum Gasteiger partial charge on any atom is -0.351 e. The topological polar surface area (TPSA) is 58.4 Å². The van der Waals surface area contributed by atoms with Gasteiger partial charge in [0, 0.05) is 15.8 Å². The summed E-state index contributed by atoms with van der Waals surface area (Å²) >= 11 is 1.74. The molecule has 2 aromatic rings. The van der Waals surface area contributed by atoms with Crippen LogP contribution in [0.3, 0.4) is 0 Å². The van der Waals surface area contributed by atoms with Gasteiger partial charge in [0.1, 0.15) is 0 Å². The van der Waals surface area contributed by atoms with Gasteiger partial charge in [-0.3, -0.25) is 4.79 Å². The van der Waals surface area contributed by atoms with E-state index >= 15 is 0 Å². The van der Waals surface area contributed by atoms with Crippen molar-refractivity contribution in [1.82, 2.24) is 0 Å². The molecule has 5 heteroatoms. The summed E-state index contributed by atoms with van der Waals surface area (Å²) in [5.74, 6) is 0.00706. The molecular formula is C16H19N3OS. The van der Waals surface area contributed by atoms with E-state index in [0.717, 1.165) is 11.4 Å². The van der Waals surface area contributed by atoms with Gasteiger partial charge in [-0.25, -0.2) is 0 Å². The van der Waals surface area contributed by atoms with E-state index in [4.69, 9.17) is 5.73 Å². The third-order valence-corrected chi connectivity index (χ3v) is 4.76. The van der Waals surface area contributed by atoms with E-state index in [1.165, 1.54) is 9.75 Å². The van der Waals surface area contributed by atoms with Gasteiger partial charge in [0.05, 0.1) is 24.0 Å². The van der Waals surface area contributed by atoms with Gasteiger partial charge in [-0.05, 0) is 38.1 Å². The van der Waals surface area contributed by atoms with Crippen LogP contribution in [0.4, 0.5) is 11.4 Å². The minimum absolute atomic E-state index is 0.00706. The highest BCUT2D eigenvalue weighted by Gasteiger charge is 2.31. The van der Waals surface area contributed by atoms with Crippen molar-refractivity contribution in [3.63, 3.8) is 0 Å². The first kappa shape index (κ1) is 14.1. The molecule has 0 radical (unpaired) electrons. The van der Waals surface area contributed by atoms with Crippen LogP contribution in [0.1, 0.15) is 22.7 Å². The molecule has 0 bridgehead atoms. The Hall–Kier alpha value is -1.85. The van der Waals surface area contributed by atoms with Gasteiger partial charge in [0.15, 0.2) is 0 Å². The van der Waals surface area contributed by atoms with E-state index in [1.807, 2.05) is 31.2 Å². The largest absolute Gasteiger partial charge is 0.351 e. The first-order valence-corrected chi connectivity index (χ1v) is 7.85. The maximum atomic E-state index is 12.0. The summed E-state index contributed by atoms with van der Waals surface area (Å²) < 4.78 is 0. The first-order chi connectivity index (χ1) is 10.1. The molecule has 21 heavy (non-hydrogen) atoms. The van der Waals surface area contributed by atoms with Gasteiger partial charge < -0.3 is 16.0 Å². The number of aryl methyl sites for hydroxylation is 1. The number of thiophene rings is 1. The van der Waals surface area contributed by atoms with Crippen molar-refractivity contribution in [2.24, 2.45) is 5.73 Å². The number of fused-ring (bicyclic) bond motifs is 1. The number of rotatable bonds is 3.